The van der Waals surface area contributed by atoms with Crippen LogP contribution >= 0.6 is 0 Å². The largest absolute Gasteiger partial charge is 0.476 e. The molecular formula is C17H15FN2O4. The number of hydrogen-bond acceptors (Lipinski definition) is 4. The van der Waals surface area contributed by atoms with E-state index in [-0.39, 0.29) is 23.2 Å². The van der Waals surface area contributed by atoms with E-state index in [9.17, 15) is 19.3 Å². The molecule has 1 aliphatic heterocycles. The minimum absolute atomic E-state index is 0.130. The van der Waals surface area contributed by atoms with Crippen molar-refractivity contribution in [3.63, 3.8) is 0 Å². The van der Waals surface area contributed by atoms with Crippen molar-refractivity contribution in [3.8, 4) is 5.75 Å². The maximum absolute atomic E-state index is 13.5. The van der Waals surface area contributed by atoms with E-state index in [2.05, 4.69) is 0 Å². The van der Waals surface area contributed by atoms with Crippen LogP contribution in [0.3, 0.4) is 0 Å². The summed E-state index contributed by atoms with van der Waals surface area (Å²) in [6.07, 6.45) is 0. The number of nitro groups is 1. The molecule has 1 amide bonds. The van der Waals surface area contributed by atoms with Crippen LogP contribution in [-0.2, 0) is 4.79 Å². The normalized spacial score (nSPS) is 15.7. The van der Waals surface area contributed by atoms with Crippen LogP contribution in [-0.4, -0.2) is 16.4 Å². The Morgan fingerprint density at radius 3 is 2.54 bits per heavy atom. The minimum Gasteiger partial charge on any atom is -0.476 e. The molecule has 1 aliphatic rings. The van der Waals surface area contributed by atoms with E-state index >= 15 is 0 Å². The Kier molecular flexibility index (Phi) is 3.51. The standard InChI is InChI=1S/C17H15FN2O4/c1-10-8-11(4-6-13(10)18)19-14-7-5-12(20(22)23)9-15(14)24-17(2,3)16(19)21/h4-9H,1-3H3. The smallest absolute Gasteiger partial charge is 0.275 e. The Morgan fingerprint density at radius 1 is 1.21 bits per heavy atom. The molecule has 0 unspecified atom stereocenters. The molecule has 7 heteroatoms. The molecule has 0 atom stereocenters. The molecule has 0 aliphatic carbocycles. The van der Waals surface area contributed by atoms with Crippen molar-refractivity contribution >= 4 is 23.0 Å². The number of anilines is 2. The fourth-order valence-corrected chi connectivity index (χ4v) is 2.60. The number of non-ortho nitro benzene ring substituents is 1. The molecule has 0 saturated heterocycles. The highest BCUT2D eigenvalue weighted by Crippen LogP contribution is 2.43. The van der Waals surface area contributed by atoms with Crippen molar-refractivity contribution < 1.29 is 18.8 Å². The van der Waals surface area contributed by atoms with Gasteiger partial charge < -0.3 is 4.74 Å². The predicted molar refractivity (Wildman–Crippen MR) is 86.1 cm³/mol. The Hall–Kier alpha value is -2.96. The van der Waals surface area contributed by atoms with Gasteiger partial charge in [0.2, 0.25) is 0 Å². The van der Waals surface area contributed by atoms with Gasteiger partial charge in [0.25, 0.3) is 11.6 Å². The van der Waals surface area contributed by atoms with E-state index in [1.54, 1.807) is 26.8 Å². The molecule has 3 rings (SSSR count). The number of aryl methyl sites for hydroxylation is 1. The van der Waals surface area contributed by atoms with Gasteiger partial charge in [0, 0.05) is 11.8 Å². The van der Waals surface area contributed by atoms with Gasteiger partial charge in [-0.3, -0.25) is 19.8 Å². The molecule has 24 heavy (non-hydrogen) atoms. The molecule has 124 valence electrons. The molecule has 0 spiro atoms. The summed E-state index contributed by atoms with van der Waals surface area (Å²) in [7, 11) is 0. The summed E-state index contributed by atoms with van der Waals surface area (Å²) < 4.78 is 19.2. The lowest BCUT2D eigenvalue weighted by Crippen LogP contribution is -2.50. The van der Waals surface area contributed by atoms with Crippen LogP contribution in [0.5, 0.6) is 5.75 Å². The van der Waals surface area contributed by atoms with Crippen LogP contribution in [0.25, 0.3) is 0 Å². The molecule has 6 nitrogen and oxygen atoms in total. The molecule has 0 saturated carbocycles. The van der Waals surface area contributed by atoms with E-state index in [0.29, 0.717) is 16.9 Å². The van der Waals surface area contributed by atoms with Gasteiger partial charge >= 0.3 is 0 Å². The Bertz CT molecular complexity index is 864. The number of nitrogens with zero attached hydrogens (tertiary/aromatic N) is 2. The number of carbonyl (C=O) groups excluding carboxylic acids is 1. The third kappa shape index (κ3) is 2.47. The second-order valence-electron chi connectivity index (χ2n) is 6.10. The number of fused-ring (bicyclic) bond motifs is 1. The van der Waals surface area contributed by atoms with Crippen molar-refractivity contribution in [2.75, 3.05) is 4.90 Å². The fourth-order valence-electron chi connectivity index (χ4n) is 2.60. The lowest BCUT2D eigenvalue weighted by atomic mass is 10.0. The lowest BCUT2D eigenvalue weighted by molar-refractivity contribution is -0.385. The van der Waals surface area contributed by atoms with E-state index < -0.39 is 10.5 Å². The molecule has 1 heterocycles. The number of benzene rings is 2. The summed E-state index contributed by atoms with van der Waals surface area (Å²) in [5.74, 6) is -0.478. The fraction of sp³-hybridized carbons (Fsp3) is 0.235. The predicted octanol–water partition coefficient (Wildman–Crippen LogP) is 3.88. The minimum atomic E-state index is -1.20. The highest BCUT2D eigenvalue weighted by atomic mass is 19.1. The first-order valence-corrected chi connectivity index (χ1v) is 7.29. The van der Waals surface area contributed by atoms with Crippen molar-refractivity contribution in [2.24, 2.45) is 0 Å². The third-order valence-corrected chi connectivity index (χ3v) is 3.88. The summed E-state index contributed by atoms with van der Waals surface area (Å²) in [6.45, 7) is 4.77. The maximum atomic E-state index is 13.5. The number of ether oxygens (including phenoxy) is 1. The zero-order chi connectivity index (χ0) is 17.6. The van der Waals surface area contributed by atoms with Gasteiger partial charge in [0.05, 0.1) is 16.7 Å². The Balaban J connectivity index is 2.20. The van der Waals surface area contributed by atoms with E-state index in [4.69, 9.17) is 4.74 Å². The number of nitro benzene ring substituents is 1. The molecule has 0 radical (unpaired) electrons. The van der Waals surface area contributed by atoms with Gasteiger partial charge in [-0.05, 0) is 50.6 Å². The first-order chi connectivity index (χ1) is 11.2. The first-order valence-electron chi connectivity index (χ1n) is 7.29. The number of halogens is 1. The SMILES string of the molecule is Cc1cc(N2C(=O)C(C)(C)Oc3cc([N+](=O)[O-])ccc32)ccc1F. The number of rotatable bonds is 2. The van der Waals surface area contributed by atoms with Crippen molar-refractivity contribution in [3.05, 3.63) is 57.9 Å². The molecule has 2 aromatic rings. The van der Waals surface area contributed by atoms with Crippen molar-refractivity contribution in [2.45, 2.75) is 26.4 Å². The highest BCUT2D eigenvalue weighted by Gasteiger charge is 2.42. The van der Waals surface area contributed by atoms with Gasteiger partial charge in [-0.2, -0.15) is 0 Å². The monoisotopic (exact) mass is 330 g/mol. The van der Waals surface area contributed by atoms with Gasteiger partial charge in [-0.15, -0.1) is 0 Å². The van der Waals surface area contributed by atoms with Crippen LogP contribution in [0.2, 0.25) is 0 Å². The average Bonchev–Trinajstić information content (AvgIpc) is 2.50. The van der Waals surface area contributed by atoms with Crippen molar-refractivity contribution in [1.82, 2.24) is 0 Å². The number of amides is 1. The first kappa shape index (κ1) is 15.9. The van der Waals surface area contributed by atoms with Gasteiger partial charge in [0.15, 0.2) is 11.4 Å². The summed E-state index contributed by atoms with van der Waals surface area (Å²) in [4.78, 5) is 24.6. The van der Waals surface area contributed by atoms with E-state index in [1.165, 1.54) is 35.2 Å². The molecule has 0 N–H and O–H groups in total. The van der Waals surface area contributed by atoms with Gasteiger partial charge in [-0.25, -0.2) is 4.39 Å². The quantitative estimate of drug-likeness (QED) is 0.619. The Labute approximate surface area is 137 Å². The van der Waals surface area contributed by atoms with E-state index in [0.717, 1.165) is 0 Å². The third-order valence-electron chi connectivity index (χ3n) is 3.88. The maximum Gasteiger partial charge on any atom is 0.275 e. The van der Waals surface area contributed by atoms with Gasteiger partial charge in [0.1, 0.15) is 5.82 Å². The topological polar surface area (TPSA) is 72.7 Å². The van der Waals surface area contributed by atoms with Crippen LogP contribution in [0, 0.1) is 22.9 Å². The summed E-state index contributed by atoms with van der Waals surface area (Å²) >= 11 is 0. The van der Waals surface area contributed by atoms with Gasteiger partial charge in [-0.1, -0.05) is 0 Å². The number of carbonyl (C=O) groups is 1. The molecule has 0 bridgehead atoms. The van der Waals surface area contributed by atoms with E-state index in [1.807, 2.05) is 0 Å². The molecular weight excluding hydrogens is 315 g/mol. The molecule has 2 aromatic carbocycles. The summed E-state index contributed by atoms with van der Waals surface area (Å²) in [5.41, 5.74) is -0.0756. The highest BCUT2D eigenvalue weighted by molar-refractivity contribution is 6.08. The van der Waals surface area contributed by atoms with Crippen LogP contribution < -0.4 is 9.64 Å². The summed E-state index contributed by atoms with van der Waals surface area (Å²) in [5, 5.41) is 11.0. The zero-order valence-electron chi connectivity index (χ0n) is 13.4. The van der Waals surface area contributed by atoms with Crippen LogP contribution in [0.4, 0.5) is 21.5 Å². The van der Waals surface area contributed by atoms with Crippen LogP contribution in [0.1, 0.15) is 19.4 Å². The second-order valence-corrected chi connectivity index (χ2v) is 6.10. The number of hydrogen-bond donors (Lipinski definition) is 0. The van der Waals surface area contributed by atoms with Crippen molar-refractivity contribution in [1.29, 1.82) is 0 Å². The summed E-state index contributed by atoms with van der Waals surface area (Å²) in [6, 6.07) is 8.38. The average molecular weight is 330 g/mol. The Morgan fingerprint density at radius 2 is 1.92 bits per heavy atom. The van der Waals surface area contributed by atoms with Crippen LogP contribution in [0.15, 0.2) is 36.4 Å². The molecule has 0 fully saturated rings. The zero-order valence-corrected chi connectivity index (χ0v) is 13.4. The molecule has 0 aromatic heterocycles. The lowest BCUT2D eigenvalue weighted by Gasteiger charge is -2.38. The second kappa shape index (κ2) is 5.30.